The van der Waals surface area contributed by atoms with Crippen LogP contribution in [-0.2, 0) is 26.2 Å². The Morgan fingerprint density at radius 3 is 2.43 bits per heavy atom. The first-order chi connectivity index (χ1) is 42.4. The van der Waals surface area contributed by atoms with Gasteiger partial charge >= 0.3 is 0 Å². The molecule has 88 heavy (non-hydrogen) atoms. The van der Waals surface area contributed by atoms with Crippen molar-refractivity contribution in [1.82, 2.24) is 39.6 Å². The van der Waals surface area contributed by atoms with Crippen LogP contribution in [0.4, 0.5) is 17.1 Å². The molecule has 0 saturated carbocycles. The molecule has 12 rings (SSSR count). The quantitative estimate of drug-likeness (QED) is 0.0255. The number of nitrogens with one attached hydrogen (secondary N) is 4. The molecule has 23 heteroatoms. The highest BCUT2D eigenvalue weighted by molar-refractivity contribution is 7.99. The van der Waals surface area contributed by atoms with Crippen molar-refractivity contribution in [3.05, 3.63) is 146 Å². The van der Waals surface area contributed by atoms with Crippen molar-refractivity contribution >= 4 is 90.7 Å². The van der Waals surface area contributed by atoms with Crippen LogP contribution < -0.4 is 25.0 Å². The van der Waals surface area contributed by atoms with Gasteiger partial charge in [0, 0.05) is 115 Å². The first-order valence-electron chi connectivity index (χ1n) is 30.5. The average Bonchev–Trinajstić information content (AvgIpc) is 2.66. The monoisotopic (exact) mass is 1250 g/mol. The number of aromatic amines is 1. The second-order valence-corrected chi connectivity index (χ2v) is 28.2. The standard InChI is InChI=1S/C65H74ClN11O9S2/c1-65(2)22-16-45(53(37-65)43-6-8-46(66)9-7-43)40-73-28-30-75(31-29-73)48-10-12-52(58(35-48)86-49-34-44-17-23-67-61(44)69-39-49)62(79)71-88(84,85)50-11-13-55(57(36-50)77(82)83)68-38-42-18-26-74(27-19-42)47-20-24-72(25-21-47)32-33-87-59-5-3-4-51-54(59)41-76(64(51)81)56-14-15-60(78)70-63(56)80/h3-13,17,23,34-36,39,42,47,56,68H,14-16,18-22,24-33,37-38,40-41H2,1-2H3,(H,67,69)(H,71,79)(H,70,78,80). The maximum atomic E-state index is 14.2. The number of hydrogen-bond donors (Lipinski definition) is 4. The third kappa shape index (κ3) is 13.8. The number of H-pyrrole nitrogens is 1. The van der Waals surface area contributed by atoms with Gasteiger partial charge in [0.1, 0.15) is 28.9 Å². The molecule has 4 amide bonds. The van der Waals surface area contributed by atoms with Crippen LogP contribution in [-0.4, -0.2) is 156 Å². The maximum Gasteiger partial charge on any atom is 0.293 e. The minimum absolute atomic E-state index is 0.0475. The number of rotatable bonds is 19. The predicted molar refractivity (Wildman–Crippen MR) is 340 cm³/mol. The number of halogens is 1. The summed E-state index contributed by atoms with van der Waals surface area (Å²) < 4.78 is 36.6. The molecular formula is C65H74ClN11O9S2. The Kier molecular flexibility index (Phi) is 18.0. The van der Waals surface area contributed by atoms with E-state index in [-0.39, 0.29) is 46.6 Å². The SMILES string of the molecule is CC1(C)CCC(CN2CCN(c3ccc(C(=O)NS(=O)(=O)c4ccc(NCC5CCN(C6CCN(CCSc7cccc8c7CN(C7CCC(=O)NC7=O)C8=O)CC6)CC5)c([N+](=O)[O-])c4)c(Oc4cnc5[nH]ccc5c4)c3)CC2)=C(c2ccc(Cl)cc2)C1. The fourth-order valence-corrected chi connectivity index (χ4v) is 15.7. The van der Waals surface area contributed by atoms with E-state index in [1.807, 2.05) is 36.4 Å². The molecule has 462 valence electrons. The van der Waals surface area contributed by atoms with Gasteiger partial charge in [0.2, 0.25) is 11.8 Å². The van der Waals surface area contributed by atoms with E-state index in [4.69, 9.17) is 16.3 Å². The first kappa shape index (κ1) is 60.9. The molecule has 4 aromatic carbocycles. The fraction of sp³-hybridized carbons (Fsp3) is 0.431. The lowest BCUT2D eigenvalue weighted by Gasteiger charge is -2.42. The molecule has 7 heterocycles. The zero-order chi connectivity index (χ0) is 61.3. The number of benzene rings is 4. The van der Waals surface area contributed by atoms with E-state index in [0.717, 1.165) is 136 Å². The highest BCUT2D eigenvalue weighted by Crippen LogP contribution is 2.44. The predicted octanol–water partition coefficient (Wildman–Crippen LogP) is 9.96. The highest BCUT2D eigenvalue weighted by Gasteiger charge is 2.40. The van der Waals surface area contributed by atoms with Crippen LogP contribution in [0, 0.1) is 21.4 Å². The lowest BCUT2D eigenvalue weighted by molar-refractivity contribution is -0.384. The smallest absolute Gasteiger partial charge is 0.293 e. The number of nitro benzene ring substituents is 1. The number of likely N-dealkylation sites (tertiary alicyclic amines) is 2. The third-order valence-electron chi connectivity index (χ3n) is 18.6. The van der Waals surface area contributed by atoms with Gasteiger partial charge in [-0.2, -0.15) is 0 Å². The summed E-state index contributed by atoms with van der Waals surface area (Å²) in [4.78, 5) is 83.3. The number of piperazine rings is 1. The van der Waals surface area contributed by atoms with E-state index < -0.39 is 43.4 Å². The van der Waals surface area contributed by atoms with Crippen LogP contribution in [0.5, 0.6) is 11.5 Å². The Morgan fingerprint density at radius 2 is 1.67 bits per heavy atom. The van der Waals surface area contributed by atoms with Crippen molar-refractivity contribution in [2.24, 2.45) is 11.3 Å². The van der Waals surface area contributed by atoms with Gasteiger partial charge in [-0.05, 0) is 166 Å². The number of nitrogens with zero attached hydrogens (tertiary/aromatic N) is 7. The maximum absolute atomic E-state index is 14.2. The molecule has 1 aliphatic carbocycles. The molecule has 0 bridgehead atoms. The van der Waals surface area contributed by atoms with Gasteiger partial charge in [-0.25, -0.2) is 18.1 Å². The third-order valence-corrected chi connectivity index (χ3v) is 21.2. The van der Waals surface area contributed by atoms with Gasteiger partial charge in [0.05, 0.1) is 21.6 Å². The number of hydrogen-bond acceptors (Lipinski definition) is 16. The lowest BCUT2D eigenvalue weighted by Crippen LogP contribution is -2.52. The number of thioether (sulfide) groups is 1. The van der Waals surface area contributed by atoms with Crippen LogP contribution in [0.2, 0.25) is 5.02 Å². The number of allylic oxidation sites excluding steroid dienone is 1. The summed E-state index contributed by atoms with van der Waals surface area (Å²) in [5.74, 6) is -0.262. The Balaban J connectivity index is 0.632. The van der Waals surface area contributed by atoms with Crippen LogP contribution >= 0.6 is 23.4 Å². The van der Waals surface area contributed by atoms with Crippen LogP contribution in [0.3, 0.4) is 0 Å². The van der Waals surface area contributed by atoms with Gasteiger partial charge in [-0.1, -0.05) is 49.2 Å². The van der Waals surface area contributed by atoms with Gasteiger partial charge in [-0.3, -0.25) is 39.5 Å². The number of aromatic nitrogens is 2. The molecule has 2 aromatic heterocycles. The van der Waals surface area contributed by atoms with Crippen molar-refractivity contribution in [1.29, 1.82) is 0 Å². The van der Waals surface area contributed by atoms with Gasteiger partial charge in [0.15, 0.2) is 0 Å². The van der Waals surface area contributed by atoms with Crippen molar-refractivity contribution in [2.45, 2.75) is 100 Å². The minimum atomic E-state index is -4.62. The van der Waals surface area contributed by atoms with Crippen molar-refractivity contribution < 1.29 is 37.3 Å². The number of amides is 4. The zero-order valence-electron chi connectivity index (χ0n) is 49.6. The van der Waals surface area contributed by atoms with Crippen molar-refractivity contribution in [2.75, 3.05) is 88.0 Å². The van der Waals surface area contributed by atoms with Crippen LogP contribution in [0.1, 0.15) is 103 Å². The van der Waals surface area contributed by atoms with E-state index in [0.29, 0.717) is 55.6 Å². The summed E-state index contributed by atoms with van der Waals surface area (Å²) in [6, 6.07) is 26.1. The Bertz CT molecular complexity index is 3800. The summed E-state index contributed by atoms with van der Waals surface area (Å²) in [7, 11) is -4.62. The van der Waals surface area contributed by atoms with Crippen LogP contribution in [0.15, 0.2) is 119 Å². The summed E-state index contributed by atoms with van der Waals surface area (Å²) >= 11 is 8.01. The van der Waals surface area contributed by atoms with E-state index in [1.54, 1.807) is 47.1 Å². The van der Waals surface area contributed by atoms with E-state index in [2.05, 4.69) is 70.9 Å². The molecule has 5 aliphatic heterocycles. The lowest BCUT2D eigenvalue weighted by atomic mass is 9.72. The molecule has 1 unspecified atom stereocenters. The Morgan fingerprint density at radius 1 is 0.886 bits per heavy atom. The molecular weight excluding hydrogens is 1180 g/mol. The fourth-order valence-electron chi connectivity index (χ4n) is 13.5. The summed E-state index contributed by atoms with van der Waals surface area (Å²) in [5.41, 5.74) is 7.05. The number of nitro groups is 1. The summed E-state index contributed by atoms with van der Waals surface area (Å²) in [6.45, 7) is 14.1. The number of carbonyl (C=O) groups is 4. The largest absolute Gasteiger partial charge is 0.455 e. The number of ether oxygens (including phenoxy) is 1. The number of carbonyl (C=O) groups excluding carboxylic acids is 4. The summed E-state index contributed by atoms with van der Waals surface area (Å²) in [5, 5.41) is 19.7. The first-order valence-corrected chi connectivity index (χ1v) is 33.4. The number of pyridine rings is 1. The van der Waals surface area contributed by atoms with Gasteiger partial charge in [-0.15, -0.1) is 11.8 Å². The Labute approximate surface area is 522 Å². The van der Waals surface area contributed by atoms with E-state index in [9.17, 15) is 37.7 Å². The number of fused-ring (bicyclic) bond motifs is 2. The molecule has 4 N–H and O–H groups in total. The molecule has 6 aliphatic rings. The topological polar surface area (TPSA) is 236 Å². The zero-order valence-corrected chi connectivity index (χ0v) is 52.0. The molecule has 4 saturated heterocycles. The van der Waals surface area contributed by atoms with Gasteiger partial charge < -0.3 is 34.6 Å². The van der Waals surface area contributed by atoms with Crippen molar-refractivity contribution in [3.8, 4) is 11.5 Å². The van der Waals surface area contributed by atoms with Crippen molar-refractivity contribution in [3.63, 3.8) is 0 Å². The molecule has 20 nitrogen and oxygen atoms in total. The second kappa shape index (κ2) is 26.0. The van der Waals surface area contributed by atoms with E-state index >= 15 is 0 Å². The number of anilines is 2. The number of sulfonamides is 1. The molecule has 0 radical (unpaired) electrons. The molecule has 6 aromatic rings. The molecule has 1 atom stereocenters. The number of piperidine rings is 3. The van der Waals surface area contributed by atoms with E-state index in [1.165, 1.54) is 35.0 Å². The summed E-state index contributed by atoms with van der Waals surface area (Å²) in [6.07, 6.45) is 10.9. The minimum Gasteiger partial charge on any atom is -0.455 e. The molecule has 4 fully saturated rings. The Hall–Kier alpha value is -7.34. The van der Waals surface area contributed by atoms with Crippen LogP contribution in [0.25, 0.3) is 16.6 Å². The normalized spacial score (nSPS) is 20.1. The second-order valence-electron chi connectivity index (χ2n) is 24.9. The number of imide groups is 1. The molecule has 0 spiro atoms. The average molecular weight is 1250 g/mol. The highest BCUT2D eigenvalue weighted by atomic mass is 35.5. The van der Waals surface area contributed by atoms with Gasteiger partial charge in [0.25, 0.3) is 27.5 Å².